The lowest BCUT2D eigenvalue weighted by Gasteiger charge is -2.41. The summed E-state index contributed by atoms with van der Waals surface area (Å²) in [6.07, 6.45) is 8.57. The van der Waals surface area contributed by atoms with Crippen LogP contribution in [0.15, 0.2) is 30.5 Å². The molecule has 0 bridgehead atoms. The van der Waals surface area contributed by atoms with Gasteiger partial charge in [0.15, 0.2) is 0 Å². The summed E-state index contributed by atoms with van der Waals surface area (Å²) in [5.41, 5.74) is 4.20. The highest BCUT2D eigenvalue weighted by Crippen LogP contribution is 2.47. The number of carbonyl (C=O) groups is 1. The van der Waals surface area contributed by atoms with Crippen LogP contribution < -0.4 is 0 Å². The van der Waals surface area contributed by atoms with Crippen LogP contribution in [0.4, 0.5) is 4.39 Å². The summed E-state index contributed by atoms with van der Waals surface area (Å²) in [6.45, 7) is 7.08. The second kappa shape index (κ2) is 9.90. The lowest BCUT2D eigenvalue weighted by atomic mass is 9.76. The average Bonchev–Trinajstić information content (AvgIpc) is 3.51. The summed E-state index contributed by atoms with van der Waals surface area (Å²) in [7, 11) is 4.04. The second-order valence-corrected chi connectivity index (χ2v) is 12.0. The van der Waals surface area contributed by atoms with E-state index in [4.69, 9.17) is 0 Å². The summed E-state index contributed by atoms with van der Waals surface area (Å²) < 4.78 is 16.3. The molecule has 4 atom stereocenters. The fraction of sp³-hybridized carbons (Fsp3) is 0.655. The molecule has 1 aromatic carbocycles. The number of aryl methyl sites for hydroxylation is 2. The maximum Gasteiger partial charge on any atom is 0.321 e. The van der Waals surface area contributed by atoms with Crippen molar-refractivity contribution in [2.24, 2.45) is 18.9 Å². The molecular weight excluding hydrogens is 455 g/mol. The summed E-state index contributed by atoms with van der Waals surface area (Å²) in [5, 5.41) is 14.4. The lowest BCUT2D eigenvalue weighted by molar-refractivity contribution is -0.145. The number of aromatic nitrogens is 2. The molecule has 2 heterocycles. The van der Waals surface area contributed by atoms with Crippen LogP contribution in [-0.2, 0) is 23.7 Å². The molecule has 2 fully saturated rings. The van der Waals surface area contributed by atoms with Crippen molar-refractivity contribution in [1.29, 1.82) is 0 Å². The van der Waals surface area contributed by atoms with Crippen LogP contribution in [-0.4, -0.2) is 69.4 Å². The minimum absolute atomic E-state index is 0.0285. The van der Waals surface area contributed by atoms with Crippen molar-refractivity contribution in [3.05, 3.63) is 53.1 Å². The number of carboxylic acid groups (broad SMARTS) is 1. The van der Waals surface area contributed by atoms with Crippen molar-refractivity contribution in [3.8, 4) is 0 Å². The fourth-order valence-corrected chi connectivity index (χ4v) is 7.76. The number of nitrogens with zero attached hydrogens (tertiary/aromatic N) is 4. The summed E-state index contributed by atoms with van der Waals surface area (Å²) in [4.78, 5) is 16.7. The number of piperidine rings is 1. The number of aliphatic carboxylic acids is 1. The first-order valence-electron chi connectivity index (χ1n) is 13.6. The Kier molecular flexibility index (Phi) is 6.98. The Bertz CT molecular complexity index is 1090. The molecule has 36 heavy (non-hydrogen) atoms. The van der Waals surface area contributed by atoms with Gasteiger partial charge in [-0.2, -0.15) is 5.10 Å². The predicted octanol–water partition coefficient (Wildman–Crippen LogP) is 4.44. The second-order valence-electron chi connectivity index (χ2n) is 12.0. The molecule has 0 unspecified atom stereocenters. The zero-order valence-corrected chi connectivity index (χ0v) is 22.2. The summed E-state index contributed by atoms with van der Waals surface area (Å²) >= 11 is 0. The van der Waals surface area contributed by atoms with Gasteiger partial charge >= 0.3 is 5.97 Å². The number of hydrogen-bond acceptors (Lipinski definition) is 4. The number of carboxylic acids is 1. The van der Waals surface area contributed by atoms with Crippen LogP contribution in [0.5, 0.6) is 0 Å². The third kappa shape index (κ3) is 4.60. The zero-order valence-electron chi connectivity index (χ0n) is 22.2. The molecule has 2 aromatic rings. The highest BCUT2D eigenvalue weighted by Gasteiger charge is 2.45. The predicted molar refractivity (Wildman–Crippen MR) is 139 cm³/mol. The third-order valence-electron chi connectivity index (χ3n) is 9.54. The molecule has 1 saturated heterocycles. The highest BCUT2D eigenvalue weighted by atomic mass is 19.1. The summed E-state index contributed by atoms with van der Waals surface area (Å²) in [5.74, 6) is -0.306. The average molecular weight is 497 g/mol. The molecule has 5 rings (SSSR count). The van der Waals surface area contributed by atoms with E-state index in [1.165, 1.54) is 23.7 Å². The van der Waals surface area contributed by atoms with Crippen LogP contribution in [0, 0.1) is 17.7 Å². The van der Waals surface area contributed by atoms with E-state index in [2.05, 4.69) is 32.8 Å². The van der Waals surface area contributed by atoms with Crippen molar-refractivity contribution >= 4 is 5.97 Å². The normalized spacial score (nSPS) is 26.7. The summed E-state index contributed by atoms with van der Waals surface area (Å²) in [6, 6.07) is 6.72. The van der Waals surface area contributed by atoms with Crippen LogP contribution in [0.2, 0.25) is 0 Å². The topological polar surface area (TPSA) is 61.6 Å². The van der Waals surface area contributed by atoms with E-state index in [0.717, 1.165) is 57.3 Å². The number of benzene rings is 1. The molecule has 1 N–H and O–H groups in total. The molecule has 7 heteroatoms. The van der Waals surface area contributed by atoms with Crippen molar-refractivity contribution in [3.63, 3.8) is 0 Å². The third-order valence-corrected chi connectivity index (χ3v) is 9.54. The van der Waals surface area contributed by atoms with Gasteiger partial charge in [0.1, 0.15) is 11.9 Å². The molecule has 1 aliphatic heterocycles. The van der Waals surface area contributed by atoms with Gasteiger partial charge in [-0.3, -0.25) is 14.4 Å². The monoisotopic (exact) mass is 496 g/mol. The molecule has 0 radical (unpaired) electrons. The van der Waals surface area contributed by atoms with E-state index in [1.807, 2.05) is 33.0 Å². The molecule has 1 saturated carbocycles. The highest BCUT2D eigenvalue weighted by molar-refractivity contribution is 5.73. The molecule has 1 spiro atoms. The van der Waals surface area contributed by atoms with Gasteiger partial charge in [0, 0.05) is 30.7 Å². The number of hydrogen-bond donors (Lipinski definition) is 1. The molecule has 196 valence electrons. The van der Waals surface area contributed by atoms with Gasteiger partial charge in [0.2, 0.25) is 0 Å². The minimum atomic E-state index is -0.759. The van der Waals surface area contributed by atoms with Gasteiger partial charge in [-0.25, -0.2) is 4.39 Å². The van der Waals surface area contributed by atoms with E-state index < -0.39 is 12.0 Å². The number of likely N-dealkylation sites (tertiary alicyclic amines) is 1. The van der Waals surface area contributed by atoms with Crippen LogP contribution in [0.1, 0.15) is 68.7 Å². The van der Waals surface area contributed by atoms with Gasteiger partial charge in [0.05, 0.1) is 6.20 Å². The molecule has 1 aromatic heterocycles. The number of rotatable bonds is 7. The SMILES string of the molecule is CC(C)[C@H](C(=O)O)N(C)[C@H]1C[C@H](CN2CCC3(CCc4cnn(C)c43)CC2)[C@@H](c2cccc(F)c2)C1. The number of halogens is 1. The van der Waals surface area contributed by atoms with Crippen LogP contribution in [0.3, 0.4) is 0 Å². The standard InChI is InChI=1S/C29H41FN4O2/c1-19(2)26(28(35)36)32(3)24-15-22(25(16-24)20-6-5-7-23(30)14-20)18-34-12-10-29(11-13-34)9-8-21-17-31-33(4)27(21)29/h5-7,14,17,19,22,24-26H,8-13,15-16,18H2,1-4H3,(H,35,36)/t22-,24+,25-,26-/m1/s1. The van der Waals surface area contributed by atoms with Crippen molar-refractivity contribution in [2.75, 3.05) is 26.7 Å². The molecule has 0 amide bonds. The van der Waals surface area contributed by atoms with E-state index in [1.54, 1.807) is 6.07 Å². The Balaban J connectivity index is 1.31. The lowest BCUT2D eigenvalue weighted by Crippen LogP contribution is -2.47. The smallest absolute Gasteiger partial charge is 0.321 e. The number of likely N-dealkylation sites (N-methyl/N-ethyl adjacent to an activating group) is 1. The van der Waals surface area contributed by atoms with Crippen molar-refractivity contribution < 1.29 is 14.3 Å². The largest absolute Gasteiger partial charge is 0.480 e. The Hall–Kier alpha value is -2.25. The number of fused-ring (bicyclic) bond motifs is 2. The van der Waals surface area contributed by atoms with Crippen LogP contribution in [0.25, 0.3) is 0 Å². The minimum Gasteiger partial charge on any atom is -0.480 e. The maximum absolute atomic E-state index is 14.2. The van der Waals surface area contributed by atoms with Crippen LogP contribution >= 0.6 is 0 Å². The first-order chi connectivity index (χ1) is 17.2. The molecule has 2 aliphatic carbocycles. The van der Waals surface area contributed by atoms with E-state index >= 15 is 0 Å². The Morgan fingerprint density at radius 3 is 2.67 bits per heavy atom. The van der Waals surface area contributed by atoms with E-state index in [0.29, 0.717) is 5.92 Å². The maximum atomic E-state index is 14.2. The van der Waals surface area contributed by atoms with Gasteiger partial charge in [-0.1, -0.05) is 26.0 Å². The fourth-order valence-electron chi connectivity index (χ4n) is 7.76. The van der Waals surface area contributed by atoms with Gasteiger partial charge in [-0.15, -0.1) is 0 Å². The van der Waals surface area contributed by atoms with Gasteiger partial charge in [0.25, 0.3) is 0 Å². The molecule has 3 aliphatic rings. The van der Waals surface area contributed by atoms with E-state index in [-0.39, 0.29) is 29.1 Å². The Morgan fingerprint density at radius 1 is 1.25 bits per heavy atom. The first-order valence-corrected chi connectivity index (χ1v) is 13.6. The zero-order chi connectivity index (χ0) is 25.6. The molecule has 6 nitrogen and oxygen atoms in total. The van der Waals surface area contributed by atoms with Gasteiger partial charge in [-0.05, 0) is 99.7 Å². The first kappa shape index (κ1) is 25.4. The van der Waals surface area contributed by atoms with E-state index in [9.17, 15) is 14.3 Å². The van der Waals surface area contributed by atoms with Gasteiger partial charge < -0.3 is 10.0 Å². The Morgan fingerprint density at radius 2 is 2.00 bits per heavy atom. The quantitative estimate of drug-likeness (QED) is 0.614. The molecular formula is C29H41FN4O2. The van der Waals surface area contributed by atoms with Crippen molar-refractivity contribution in [1.82, 2.24) is 19.6 Å². The Labute approximate surface area is 214 Å². The van der Waals surface area contributed by atoms with Crippen molar-refractivity contribution in [2.45, 2.75) is 75.8 Å².